The number of aliphatic carboxylic acids is 1. The van der Waals surface area contributed by atoms with Crippen molar-refractivity contribution in [2.24, 2.45) is 0 Å². The van der Waals surface area contributed by atoms with Crippen molar-refractivity contribution in [1.82, 2.24) is 0 Å². The van der Waals surface area contributed by atoms with Gasteiger partial charge in [-0.3, -0.25) is 4.79 Å². The summed E-state index contributed by atoms with van der Waals surface area (Å²) in [5.74, 6) is -1.34. The van der Waals surface area contributed by atoms with E-state index in [2.05, 4.69) is 6.58 Å². The minimum Gasteiger partial charge on any atom is -0.478 e. The molecular weight excluding hydrogens is 240 g/mol. The first-order valence-electron chi connectivity index (χ1n) is 5.72. The Morgan fingerprint density at radius 1 is 0.842 bits per heavy atom. The Labute approximate surface area is 110 Å². The number of carboxylic acids is 1. The first kappa shape index (κ1) is 12.8. The van der Waals surface area contributed by atoms with Gasteiger partial charge in [0.05, 0.1) is 5.57 Å². The fraction of sp³-hybridized carbons (Fsp3) is 0. The second kappa shape index (κ2) is 5.31. The highest BCUT2D eigenvalue weighted by molar-refractivity contribution is 6.20. The smallest absolute Gasteiger partial charge is 0.335 e. The summed E-state index contributed by atoms with van der Waals surface area (Å²) >= 11 is 0. The molecular formula is C16H12O3. The van der Waals surface area contributed by atoms with Crippen LogP contribution in [0.15, 0.2) is 61.2 Å². The van der Waals surface area contributed by atoms with Gasteiger partial charge in [0.1, 0.15) is 0 Å². The quantitative estimate of drug-likeness (QED) is 0.672. The van der Waals surface area contributed by atoms with Gasteiger partial charge in [-0.05, 0) is 5.56 Å². The van der Waals surface area contributed by atoms with E-state index in [-0.39, 0.29) is 11.4 Å². The van der Waals surface area contributed by atoms with Crippen molar-refractivity contribution in [1.29, 1.82) is 0 Å². The van der Waals surface area contributed by atoms with Gasteiger partial charge in [0.25, 0.3) is 0 Å². The summed E-state index contributed by atoms with van der Waals surface area (Å²) in [5.41, 5.74) is 1.14. The Bertz CT molecular complexity index is 642. The fourth-order valence-corrected chi connectivity index (χ4v) is 1.80. The van der Waals surface area contributed by atoms with Crippen LogP contribution in [0.2, 0.25) is 0 Å². The minimum absolute atomic E-state index is 0.0834. The van der Waals surface area contributed by atoms with E-state index in [4.69, 9.17) is 5.11 Å². The molecule has 0 aliphatic carbocycles. The Hall–Kier alpha value is -2.68. The molecule has 19 heavy (non-hydrogen) atoms. The van der Waals surface area contributed by atoms with Crippen LogP contribution >= 0.6 is 0 Å². The number of carboxylic acid groups (broad SMARTS) is 1. The zero-order chi connectivity index (χ0) is 13.8. The van der Waals surface area contributed by atoms with E-state index in [0.29, 0.717) is 16.7 Å². The van der Waals surface area contributed by atoms with E-state index in [1.54, 1.807) is 48.5 Å². The third-order valence-electron chi connectivity index (χ3n) is 2.79. The van der Waals surface area contributed by atoms with Crippen molar-refractivity contribution < 1.29 is 14.7 Å². The Balaban J connectivity index is 2.49. The van der Waals surface area contributed by atoms with Crippen molar-refractivity contribution in [3.8, 4) is 0 Å². The van der Waals surface area contributed by atoms with Crippen molar-refractivity contribution in [3.05, 3.63) is 77.9 Å². The van der Waals surface area contributed by atoms with Crippen LogP contribution in [-0.4, -0.2) is 16.9 Å². The molecule has 0 heterocycles. The van der Waals surface area contributed by atoms with Crippen molar-refractivity contribution in [2.75, 3.05) is 0 Å². The summed E-state index contributed by atoms with van der Waals surface area (Å²) in [5, 5.41) is 9.00. The number of ketones is 1. The summed E-state index contributed by atoms with van der Waals surface area (Å²) < 4.78 is 0. The second-order valence-corrected chi connectivity index (χ2v) is 4.02. The van der Waals surface area contributed by atoms with Gasteiger partial charge in [-0.1, -0.05) is 61.2 Å². The van der Waals surface area contributed by atoms with Crippen LogP contribution < -0.4 is 0 Å². The zero-order valence-corrected chi connectivity index (χ0v) is 10.2. The lowest BCUT2D eigenvalue weighted by atomic mass is 9.94. The van der Waals surface area contributed by atoms with E-state index >= 15 is 0 Å². The molecule has 2 aromatic rings. The molecule has 0 aliphatic rings. The molecule has 0 fully saturated rings. The summed E-state index contributed by atoms with van der Waals surface area (Å²) in [6.07, 6.45) is 0. The predicted molar refractivity (Wildman–Crippen MR) is 73.0 cm³/mol. The van der Waals surface area contributed by atoms with Crippen LogP contribution in [0.3, 0.4) is 0 Å². The van der Waals surface area contributed by atoms with Crippen LogP contribution in [0.5, 0.6) is 0 Å². The zero-order valence-electron chi connectivity index (χ0n) is 10.2. The standard InChI is InChI=1S/C16H12O3/c1-11(16(18)19)13-9-5-6-10-14(13)15(17)12-7-3-2-4-8-12/h2-10H,1H2,(H,18,19). The number of hydrogen-bond acceptors (Lipinski definition) is 2. The molecule has 0 spiro atoms. The number of benzene rings is 2. The average molecular weight is 252 g/mol. The first-order valence-corrected chi connectivity index (χ1v) is 5.72. The molecule has 1 N–H and O–H groups in total. The molecule has 0 amide bonds. The molecule has 3 nitrogen and oxygen atoms in total. The van der Waals surface area contributed by atoms with E-state index in [9.17, 15) is 9.59 Å². The minimum atomic E-state index is -1.13. The number of rotatable bonds is 4. The normalized spacial score (nSPS) is 9.89. The number of carbonyl (C=O) groups excluding carboxylic acids is 1. The van der Waals surface area contributed by atoms with Crippen molar-refractivity contribution in [3.63, 3.8) is 0 Å². The van der Waals surface area contributed by atoms with Crippen LogP contribution in [0.4, 0.5) is 0 Å². The highest BCUT2D eigenvalue weighted by atomic mass is 16.4. The molecule has 0 radical (unpaired) electrons. The average Bonchev–Trinajstić information content (AvgIpc) is 2.46. The van der Waals surface area contributed by atoms with E-state index < -0.39 is 5.97 Å². The first-order chi connectivity index (χ1) is 9.11. The van der Waals surface area contributed by atoms with Gasteiger partial charge in [0.15, 0.2) is 5.78 Å². The topological polar surface area (TPSA) is 54.4 Å². The Morgan fingerprint density at radius 3 is 1.95 bits per heavy atom. The molecule has 0 unspecified atom stereocenters. The molecule has 0 saturated carbocycles. The lowest BCUT2D eigenvalue weighted by molar-refractivity contribution is -0.130. The van der Waals surface area contributed by atoms with Gasteiger partial charge in [-0.15, -0.1) is 0 Å². The van der Waals surface area contributed by atoms with Gasteiger partial charge < -0.3 is 5.11 Å². The maximum atomic E-state index is 12.4. The Kier molecular flexibility index (Phi) is 3.57. The van der Waals surface area contributed by atoms with Crippen LogP contribution in [-0.2, 0) is 4.79 Å². The van der Waals surface area contributed by atoms with Gasteiger partial charge in [0.2, 0.25) is 0 Å². The van der Waals surface area contributed by atoms with Crippen LogP contribution in [0, 0.1) is 0 Å². The predicted octanol–water partition coefficient (Wildman–Crippen LogP) is 3.02. The maximum absolute atomic E-state index is 12.4. The summed E-state index contributed by atoms with van der Waals surface area (Å²) in [6, 6.07) is 15.3. The number of hydrogen-bond donors (Lipinski definition) is 1. The van der Waals surface area contributed by atoms with E-state index in [1.165, 1.54) is 0 Å². The van der Waals surface area contributed by atoms with E-state index in [1.807, 2.05) is 6.07 Å². The third kappa shape index (κ3) is 2.60. The van der Waals surface area contributed by atoms with Crippen LogP contribution in [0.25, 0.3) is 5.57 Å². The lowest BCUT2D eigenvalue weighted by Crippen LogP contribution is -2.08. The largest absolute Gasteiger partial charge is 0.478 e. The molecule has 2 aromatic carbocycles. The highest BCUT2D eigenvalue weighted by Crippen LogP contribution is 2.21. The molecule has 0 bridgehead atoms. The SMILES string of the molecule is C=C(C(=O)O)c1ccccc1C(=O)c1ccccc1. The summed E-state index contributed by atoms with van der Waals surface area (Å²) in [6.45, 7) is 3.51. The molecule has 0 aliphatic heterocycles. The third-order valence-corrected chi connectivity index (χ3v) is 2.79. The molecule has 0 saturated heterocycles. The highest BCUT2D eigenvalue weighted by Gasteiger charge is 2.17. The van der Waals surface area contributed by atoms with Gasteiger partial charge in [-0.2, -0.15) is 0 Å². The van der Waals surface area contributed by atoms with Crippen LogP contribution in [0.1, 0.15) is 21.5 Å². The molecule has 0 aromatic heterocycles. The maximum Gasteiger partial charge on any atom is 0.335 e. The fourth-order valence-electron chi connectivity index (χ4n) is 1.80. The number of carbonyl (C=O) groups is 2. The van der Waals surface area contributed by atoms with E-state index in [0.717, 1.165) is 0 Å². The second-order valence-electron chi connectivity index (χ2n) is 4.02. The lowest BCUT2D eigenvalue weighted by Gasteiger charge is -2.08. The molecule has 0 atom stereocenters. The van der Waals surface area contributed by atoms with Gasteiger partial charge >= 0.3 is 5.97 Å². The Morgan fingerprint density at radius 2 is 1.37 bits per heavy atom. The van der Waals surface area contributed by atoms with Gasteiger partial charge in [0, 0.05) is 11.1 Å². The summed E-state index contributed by atoms with van der Waals surface area (Å²) in [4.78, 5) is 23.4. The molecule has 3 heteroatoms. The van der Waals surface area contributed by atoms with Gasteiger partial charge in [-0.25, -0.2) is 4.79 Å². The molecule has 94 valence electrons. The molecule has 2 rings (SSSR count). The van der Waals surface area contributed by atoms with Crippen molar-refractivity contribution in [2.45, 2.75) is 0 Å². The summed E-state index contributed by atoms with van der Waals surface area (Å²) in [7, 11) is 0. The van der Waals surface area contributed by atoms with Crippen molar-refractivity contribution >= 4 is 17.3 Å². The monoisotopic (exact) mass is 252 g/mol.